The lowest BCUT2D eigenvalue weighted by atomic mass is 10.1. The van der Waals surface area contributed by atoms with Gasteiger partial charge in [-0.15, -0.1) is 0 Å². The minimum atomic E-state index is -0.615. The van der Waals surface area contributed by atoms with Crippen LogP contribution in [-0.4, -0.2) is 41.4 Å². The Kier molecular flexibility index (Phi) is 2.98. The highest BCUT2D eigenvalue weighted by molar-refractivity contribution is 6.23. The Hall–Kier alpha value is -2.28. The predicted molar refractivity (Wildman–Crippen MR) is 68.4 cm³/mol. The number of nitro groups is 1. The van der Waals surface area contributed by atoms with Gasteiger partial charge in [0.2, 0.25) is 0 Å². The third-order valence-corrected chi connectivity index (χ3v) is 3.87. The first kappa shape index (κ1) is 12.7. The van der Waals surface area contributed by atoms with Gasteiger partial charge in [0.25, 0.3) is 17.5 Å². The zero-order valence-electron chi connectivity index (χ0n) is 10.8. The number of quaternary nitrogens is 1. The van der Waals surface area contributed by atoms with Crippen molar-refractivity contribution in [1.29, 1.82) is 0 Å². The summed E-state index contributed by atoms with van der Waals surface area (Å²) in [6.07, 6.45) is 2.16. The lowest BCUT2D eigenvalue weighted by Gasteiger charge is -2.18. The molecule has 3 rings (SSSR count). The number of rotatable bonds is 3. The molecule has 2 heterocycles. The molecule has 7 heteroatoms. The maximum Gasteiger partial charge on any atom is 0.282 e. The van der Waals surface area contributed by atoms with Gasteiger partial charge < -0.3 is 4.90 Å². The summed E-state index contributed by atoms with van der Waals surface area (Å²) in [4.78, 5) is 37.2. The number of carbonyl (C=O) groups is 2. The summed E-state index contributed by atoms with van der Waals surface area (Å²) in [5, 5.41) is 11.0. The van der Waals surface area contributed by atoms with Crippen molar-refractivity contribution in [2.75, 3.05) is 19.8 Å². The molecule has 0 bridgehead atoms. The molecule has 0 atom stereocenters. The van der Waals surface area contributed by atoms with Crippen LogP contribution in [0.5, 0.6) is 0 Å². The zero-order chi connectivity index (χ0) is 14.3. The van der Waals surface area contributed by atoms with Crippen molar-refractivity contribution in [3.8, 4) is 0 Å². The van der Waals surface area contributed by atoms with Crippen LogP contribution in [0.2, 0.25) is 0 Å². The van der Waals surface area contributed by atoms with Gasteiger partial charge >= 0.3 is 0 Å². The third kappa shape index (κ3) is 1.87. The molecule has 2 aliphatic rings. The second-order valence-electron chi connectivity index (χ2n) is 5.11. The smallest absolute Gasteiger partial charge is 0.282 e. The van der Waals surface area contributed by atoms with Crippen LogP contribution in [0.4, 0.5) is 5.69 Å². The largest absolute Gasteiger partial charge is 0.317 e. The fourth-order valence-electron chi connectivity index (χ4n) is 2.87. The van der Waals surface area contributed by atoms with Gasteiger partial charge in [-0.3, -0.25) is 19.7 Å². The average molecular weight is 276 g/mol. The van der Waals surface area contributed by atoms with E-state index in [-0.39, 0.29) is 16.8 Å². The molecule has 7 nitrogen and oxygen atoms in total. The van der Waals surface area contributed by atoms with E-state index >= 15 is 0 Å². The summed E-state index contributed by atoms with van der Waals surface area (Å²) < 4.78 is 0. The lowest BCUT2D eigenvalue weighted by Crippen LogP contribution is -3.11. The van der Waals surface area contributed by atoms with Crippen LogP contribution in [0.3, 0.4) is 0 Å². The number of amides is 2. The van der Waals surface area contributed by atoms with Gasteiger partial charge in [0.1, 0.15) is 5.56 Å². The number of nitrogens with zero attached hydrogens (tertiary/aromatic N) is 2. The topological polar surface area (TPSA) is 85.0 Å². The van der Waals surface area contributed by atoms with E-state index in [0.717, 1.165) is 30.8 Å². The quantitative estimate of drug-likeness (QED) is 0.472. The number of nitro benzene ring substituents is 1. The molecule has 0 unspecified atom stereocenters. The Balaban J connectivity index is 1.95. The van der Waals surface area contributed by atoms with E-state index in [1.807, 2.05) is 0 Å². The first-order chi connectivity index (χ1) is 9.59. The Morgan fingerprint density at radius 1 is 1.20 bits per heavy atom. The number of likely N-dealkylation sites (tertiary alicyclic amines) is 1. The fourth-order valence-corrected chi connectivity index (χ4v) is 2.87. The summed E-state index contributed by atoms with van der Waals surface area (Å²) in [7, 11) is 0. The Morgan fingerprint density at radius 3 is 2.55 bits per heavy atom. The number of fused-ring (bicyclic) bond motifs is 1. The van der Waals surface area contributed by atoms with E-state index in [1.165, 1.54) is 23.1 Å². The zero-order valence-corrected chi connectivity index (χ0v) is 10.8. The SMILES string of the molecule is O=C1c2cccc([N+](=O)[O-])c2C(=O)N1C[NH+]1CCCC1. The number of benzene rings is 1. The molecule has 1 fully saturated rings. The van der Waals surface area contributed by atoms with E-state index in [4.69, 9.17) is 0 Å². The molecule has 0 aliphatic carbocycles. The van der Waals surface area contributed by atoms with Gasteiger partial charge in [0.05, 0.1) is 23.6 Å². The maximum absolute atomic E-state index is 12.3. The lowest BCUT2D eigenvalue weighted by molar-refractivity contribution is -0.894. The molecule has 0 radical (unpaired) electrons. The molecule has 0 spiro atoms. The first-order valence-electron chi connectivity index (χ1n) is 6.57. The second kappa shape index (κ2) is 4.68. The van der Waals surface area contributed by atoms with Crippen LogP contribution in [0.1, 0.15) is 33.6 Å². The number of hydrogen-bond donors (Lipinski definition) is 1. The summed E-state index contributed by atoms with van der Waals surface area (Å²) in [6, 6.07) is 4.17. The van der Waals surface area contributed by atoms with Gasteiger partial charge in [-0.25, -0.2) is 4.90 Å². The third-order valence-electron chi connectivity index (χ3n) is 3.87. The van der Waals surface area contributed by atoms with Crippen molar-refractivity contribution in [1.82, 2.24) is 4.90 Å². The summed E-state index contributed by atoms with van der Waals surface area (Å²) in [5.41, 5.74) is -0.219. The molecule has 2 aliphatic heterocycles. The summed E-state index contributed by atoms with van der Waals surface area (Å²) >= 11 is 0. The van der Waals surface area contributed by atoms with Crippen molar-refractivity contribution in [3.05, 3.63) is 39.4 Å². The Labute approximate surface area is 114 Å². The van der Waals surface area contributed by atoms with Gasteiger partial charge in [0.15, 0.2) is 6.67 Å². The maximum atomic E-state index is 12.3. The van der Waals surface area contributed by atoms with Crippen molar-refractivity contribution in [2.45, 2.75) is 12.8 Å². The molecular formula is C13H14N3O4+. The van der Waals surface area contributed by atoms with Gasteiger partial charge in [-0.2, -0.15) is 0 Å². The molecule has 1 aromatic rings. The van der Waals surface area contributed by atoms with Crippen LogP contribution < -0.4 is 4.90 Å². The van der Waals surface area contributed by atoms with Crippen molar-refractivity contribution in [2.24, 2.45) is 0 Å². The molecule has 104 valence electrons. The van der Waals surface area contributed by atoms with Crippen molar-refractivity contribution < 1.29 is 19.4 Å². The van der Waals surface area contributed by atoms with E-state index < -0.39 is 16.7 Å². The Bertz CT molecular complexity index is 608. The van der Waals surface area contributed by atoms with E-state index in [0.29, 0.717) is 6.67 Å². The molecule has 1 aromatic carbocycles. The number of hydrogen-bond acceptors (Lipinski definition) is 4. The molecule has 2 amide bonds. The number of carbonyl (C=O) groups excluding carboxylic acids is 2. The molecule has 0 saturated carbocycles. The van der Waals surface area contributed by atoms with Crippen LogP contribution in [0.15, 0.2) is 18.2 Å². The van der Waals surface area contributed by atoms with Gasteiger partial charge in [-0.05, 0) is 6.07 Å². The van der Waals surface area contributed by atoms with Crippen LogP contribution in [0, 0.1) is 10.1 Å². The first-order valence-corrected chi connectivity index (χ1v) is 6.57. The highest BCUT2D eigenvalue weighted by atomic mass is 16.6. The van der Waals surface area contributed by atoms with E-state index in [2.05, 4.69) is 0 Å². The predicted octanol–water partition coefficient (Wildman–Crippen LogP) is -0.173. The van der Waals surface area contributed by atoms with Gasteiger partial charge in [0, 0.05) is 18.9 Å². The average Bonchev–Trinajstić information content (AvgIpc) is 3.02. The summed E-state index contributed by atoms with van der Waals surface area (Å²) in [5.74, 6) is -0.968. The molecule has 1 saturated heterocycles. The molecule has 20 heavy (non-hydrogen) atoms. The molecule has 1 N–H and O–H groups in total. The standard InChI is InChI=1S/C13H13N3O4/c17-12-9-4-3-5-10(16(19)20)11(9)13(18)15(12)8-14-6-1-2-7-14/h3-5H,1-2,6-8H2/p+1. The molecular weight excluding hydrogens is 262 g/mol. The number of nitrogens with one attached hydrogen (secondary N) is 1. The van der Waals surface area contributed by atoms with Crippen LogP contribution in [-0.2, 0) is 0 Å². The minimum absolute atomic E-state index is 0.0684. The number of imide groups is 1. The van der Waals surface area contributed by atoms with Crippen molar-refractivity contribution >= 4 is 17.5 Å². The van der Waals surface area contributed by atoms with E-state index in [9.17, 15) is 19.7 Å². The normalized spacial score (nSPS) is 18.7. The minimum Gasteiger partial charge on any atom is -0.317 e. The fraction of sp³-hybridized carbons (Fsp3) is 0.385. The van der Waals surface area contributed by atoms with Crippen LogP contribution >= 0.6 is 0 Å². The molecule has 0 aromatic heterocycles. The highest BCUT2D eigenvalue weighted by Crippen LogP contribution is 2.30. The Morgan fingerprint density at radius 2 is 1.90 bits per heavy atom. The van der Waals surface area contributed by atoms with E-state index in [1.54, 1.807) is 0 Å². The summed E-state index contributed by atoms with van der Waals surface area (Å²) in [6.45, 7) is 2.15. The van der Waals surface area contributed by atoms with Crippen molar-refractivity contribution in [3.63, 3.8) is 0 Å². The highest BCUT2D eigenvalue weighted by Gasteiger charge is 2.42. The second-order valence-corrected chi connectivity index (χ2v) is 5.11. The van der Waals surface area contributed by atoms with Crippen LogP contribution in [0.25, 0.3) is 0 Å². The monoisotopic (exact) mass is 276 g/mol. The van der Waals surface area contributed by atoms with Gasteiger partial charge in [-0.1, -0.05) is 6.07 Å².